The van der Waals surface area contributed by atoms with Crippen molar-refractivity contribution < 1.29 is 58.3 Å². The van der Waals surface area contributed by atoms with E-state index in [0.29, 0.717) is 0 Å². The number of alkyl halides is 1. The van der Waals surface area contributed by atoms with Gasteiger partial charge in [-0.2, -0.15) is 0 Å². The van der Waals surface area contributed by atoms with E-state index in [1.807, 2.05) is 0 Å². The van der Waals surface area contributed by atoms with E-state index in [-0.39, 0.29) is 13.0 Å². The smallest absolute Gasteiger partial charge is 0.187 e. The van der Waals surface area contributed by atoms with Gasteiger partial charge in [-0.1, -0.05) is 37.6 Å². The zero-order chi connectivity index (χ0) is 39.5. The summed E-state index contributed by atoms with van der Waals surface area (Å²) < 4.78 is 50.6. The first-order chi connectivity index (χ1) is 26.0. The summed E-state index contributed by atoms with van der Waals surface area (Å²) in [5.41, 5.74) is 54.4. The zero-order valence-electron chi connectivity index (χ0n) is 27.9. The van der Waals surface area contributed by atoms with Gasteiger partial charge in [0.1, 0.15) is 48.8 Å². The van der Waals surface area contributed by atoms with Crippen LogP contribution in [0.3, 0.4) is 0 Å². The number of hydrogen-bond donors (Lipinski definition) is 5. The van der Waals surface area contributed by atoms with Crippen molar-refractivity contribution in [1.29, 1.82) is 0 Å². The monoisotopic (exact) mass is 770 g/mol. The van der Waals surface area contributed by atoms with E-state index in [4.69, 9.17) is 45.0 Å². The molecular weight excluding hydrogens is 735 g/mol. The van der Waals surface area contributed by atoms with Gasteiger partial charge in [-0.3, -0.25) is 0 Å². The molecule has 3 saturated heterocycles. The van der Waals surface area contributed by atoms with Gasteiger partial charge in [0.2, 0.25) is 0 Å². The van der Waals surface area contributed by atoms with Crippen molar-refractivity contribution in [3.8, 4) is 0 Å². The second-order valence-electron chi connectivity index (χ2n) is 12.4. The number of aliphatic hydroxyl groups excluding tert-OH is 5. The van der Waals surface area contributed by atoms with Crippen molar-refractivity contribution in [3.05, 3.63) is 62.7 Å². The maximum Gasteiger partial charge on any atom is 0.187 e. The van der Waals surface area contributed by atoms with Crippen LogP contribution in [-0.4, -0.2) is 155 Å². The van der Waals surface area contributed by atoms with Gasteiger partial charge in [-0.15, -0.1) is 0 Å². The normalized spacial score (nSPS) is 43.1. The summed E-state index contributed by atoms with van der Waals surface area (Å²) in [6.07, 6.45) is -24.0. The van der Waals surface area contributed by atoms with Crippen LogP contribution in [-0.2, 0) is 28.4 Å². The largest absolute Gasteiger partial charge is 0.394 e. The fourth-order valence-electron chi connectivity index (χ4n) is 6.58. The molecule has 19 atom stereocenters. The summed E-state index contributed by atoms with van der Waals surface area (Å²) >= 11 is 0. The van der Waals surface area contributed by atoms with Gasteiger partial charge in [-0.05, 0) is 39.6 Å². The molecule has 0 aromatic rings. The summed E-state index contributed by atoms with van der Waals surface area (Å²) in [6, 6.07) is -6.05. The highest BCUT2D eigenvalue weighted by atomic mass is 19.1. The van der Waals surface area contributed by atoms with Gasteiger partial charge >= 0.3 is 0 Å². The Kier molecular flexibility index (Phi) is 15.3. The standard InChI is InChI=1S/C24H35FN18O11/c1-6-9(3-32-38-26)49-22(13(12(6)25)36-42-30)52-19-8(35-41-29)2-7(34-40-28)15(45)21(19)54-24-18(48)20(11(5-44)51-24)53-23-14(37-43-31)17(47)16(46)10(50-23)4-33-39-27/h6-24,44-48H,2-5H2,1H3. The van der Waals surface area contributed by atoms with Crippen LogP contribution in [0, 0.1) is 5.92 Å². The summed E-state index contributed by atoms with van der Waals surface area (Å²) in [7, 11) is 0. The van der Waals surface area contributed by atoms with Crippen molar-refractivity contribution in [1.82, 2.24) is 0 Å². The Morgan fingerprint density at radius 2 is 1.11 bits per heavy atom. The molecule has 29 nitrogen and oxygen atoms in total. The lowest BCUT2D eigenvalue weighted by Crippen LogP contribution is -2.62. The van der Waals surface area contributed by atoms with Gasteiger partial charge in [-0.25, -0.2) is 4.39 Å². The van der Waals surface area contributed by atoms with E-state index in [1.165, 1.54) is 6.92 Å². The SMILES string of the molecule is CC1C(CN=[N+]=[N-])OC(OC2C(N=[N+]=[N-])CC(N=[N+]=[N-])C(O)C2OC2OC(CO)C(OC3OC(CN=[N+]=[N-])C(O)C(O)C3N=[N+]=[N-])C2O)C(N=[N+]=[N-])C1F. The summed E-state index contributed by atoms with van der Waals surface area (Å²) in [5, 5.41) is 74.8. The average Bonchev–Trinajstić information content (AvgIpc) is 3.45. The number of nitrogens with zero attached hydrogens (tertiary/aromatic N) is 18. The lowest BCUT2D eigenvalue weighted by molar-refractivity contribution is -0.297. The Morgan fingerprint density at radius 3 is 1.72 bits per heavy atom. The number of rotatable bonds is 15. The van der Waals surface area contributed by atoms with Crippen LogP contribution in [0.2, 0.25) is 0 Å². The predicted octanol–water partition coefficient (Wildman–Crippen LogP) is 1.47. The number of ether oxygens (including phenoxy) is 6. The molecule has 3 heterocycles. The molecule has 0 bridgehead atoms. The molecular formula is C24H35FN18O11. The molecule has 0 aromatic heterocycles. The molecule has 3 aliphatic heterocycles. The highest BCUT2D eigenvalue weighted by Crippen LogP contribution is 2.39. The Hall–Kier alpha value is -4.65. The number of azide groups is 6. The van der Waals surface area contributed by atoms with E-state index in [2.05, 4.69) is 60.2 Å². The van der Waals surface area contributed by atoms with Crippen LogP contribution in [0.25, 0.3) is 62.7 Å². The minimum atomic E-state index is -1.93. The Bertz CT molecular complexity index is 1600. The highest BCUT2D eigenvalue weighted by molar-refractivity contribution is 5.04. The quantitative estimate of drug-likeness (QED) is 0.0901. The molecule has 1 saturated carbocycles. The molecule has 54 heavy (non-hydrogen) atoms. The van der Waals surface area contributed by atoms with Crippen LogP contribution in [0.15, 0.2) is 30.7 Å². The summed E-state index contributed by atoms with van der Waals surface area (Å²) in [5.74, 6) is -0.975. The van der Waals surface area contributed by atoms with Crippen molar-refractivity contribution >= 4 is 0 Å². The van der Waals surface area contributed by atoms with Crippen LogP contribution in [0.5, 0.6) is 0 Å². The van der Waals surface area contributed by atoms with Crippen molar-refractivity contribution in [3.63, 3.8) is 0 Å². The molecule has 294 valence electrons. The Balaban J connectivity index is 1.67. The molecule has 0 radical (unpaired) electrons. The molecule has 4 rings (SSSR count). The van der Waals surface area contributed by atoms with Crippen LogP contribution in [0.1, 0.15) is 13.3 Å². The molecule has 4 aliphatic rings. The second kappa shape index (κ2) is 19.6. The van der Waals surface area contributed by atoms with Crippen molar-refractivity contribution in [2.24, 2.45) is 36.6 Å². The maximum atomic E-state index is 15.6. The number of hydrogen-bond acceptors (Lipinski definition) is 17. The summed E-state index contributed by atoms with van der Waals surface area (Å²) in [6.45, 7) is -0.328. The lowest BCUT2D eigenvalue weighted by Gasteiger charge is -2.47. The van der Waals surface area contributed by atoms with Gasteiger partial charge in [0, 0.05) is 35.4 Å². The molecule has 1 aliphatic carbocycles. The third-order valence-corrected chi connectivity index (χ3v) is 9.35. The van der Waals surface area contributed by atoms with E-state index < -0.39 is 129 Å². The third-order valence-electron chi connectivity index (χ3n) is 9.35. The maximum absolute atomic E-state index is 15.6. The summed E-state index contributed by atoms with van der Waals surface area (Å²) in [4.78, 5) is 16.0. The minimum absolute atomic E-state index is 0.361. The van der Waals surface area contributed by atoms with E-state index in [0.717, 1.165) is 0 Å². The fourth-order valence-corrected chi connectivity index (χ4v) is 6.58. The van der Waals surface area contributed by atoms with E-state index in [1.54, 1.807) is 0 Å². The van der Waals surface area contributed by atoms with Gasteiger partial charge in [0.05, 0.1) is 62.3 Å². The van der Waals surface area contributed by atoms with Crippen molar-refractivity contribution in [2.75, 3.05) is 19.7 Å². The second-order valence-corrected chi connectivity index (χ2v) is 12.4. The fraction of sp³-hybridized carbons (Fsp3) is 1.00. The van der Waals surface area contributed by atoms with Gasteiger partial charge in [0.15, 0.2) is 18.9 Å². The third kappa shape index (κ3) is 9.17. The number of aliphatic hydroxyl groups is 5. The molecule has 0 spiro atoms. The van der Waals surface area contributed by atoms with Crippen LogP contribution in [0.4, 0.5) is 4.39 Å². The Morgan fingerprint density at radius 1 is 0.593 bits per heavy atom. The predicted molar refractivity (Wildman–Crippen MR) is 170 cm³/mol. The topological polar surface area (TPSA) is 449 Å². The lowest BCUT2D eigenvalue weighted by atomic mass is 9.84. The zero-order valence-corrected chi connectivity index (χ0v) is 27.9. The molecule has 5 N–H and O–H groups in total. The molecule has 30 heteroatoms. The minimum Gasteiger partial charge on any atom is -0.394 e. The molecule has 19 unspecified atom stereocenters. The van der Waals surface area contributed by atoms with Crippen LogP contribution < -0.4 is 0 Å². The first-order valence-corrected chi connectivity index (χ1v) is 16.1. The van der Waals surface area contributed by atoms with E-state index >= 15 is 4.39 Å². The first kappa shape index (κ1) is 42.1. The van der Waals surface area contributed by atoms with Gasteiger partial charge < -0.3 is 54.0 Å². The Labute approximate surface area is 301 Å². The molecule has 0 aromatic carbocycles. The van der Waals surface area contributed by atoms with Crippen LogP contribution >= 0.6 is 0 Å². The molecule has 0 amide bonds. The van der Waals surface area contributed by atoms with E-state index in [9.17, 15) is 42.1 Å². The number of halogens is 1. The highest BCUT2D eigenvalue weighted by Gasteiger charge is 2.55. The molecule has 4 fully saturated rings. The van der Waals surface area contributed by atoms with Crippen molar-refractivity contribution in [2.45, 2.75) is 124 Å². The first-order valence-electron chi connectivity index (χ1n) is 16.1. The van der Waals surface area contributed by atoms with Gasteiger partial charge in [0.25, 0.3) is 0 Å². The average molecular weight is 771 g/mol.